The highest BCUT2D eigenvalue weighted by molar-refractivity contribution is 5.79. The molecule has 0 aliphatic carbocycles. The van der Waals surface area contributed by atoms with Crippen molar-refractivity contribution < 1.29 is 35.5 Å². The Morgan fingerprint density at radius 2 is 1.60 bits per heavy atom. The molecular weight excluding hydrogens is 638 g/mol. The summed E-state index contributed by atoms with van der Waals surface area (Å²) < 4.78 is 87.1. The van der Waals surface area contributed by atoms with Gasteiger partial charge in [-0.25, -0.2) is 9.97 Å². The van der Waals surface area contributed by atoms with E-state index in [1.165, 1.54) is 0 Å². The molecule has 0 saturated heterocycles. The van der Waals surface area contributed by atoms with E-state index >= 15 is 0 Å². The molecule has 2 aromatic heterocycles. The first-order valence-electron chi connectivity index (χ1n) is 14.9. The summed E-state index contributed by atoms with van der Waals surface area (Å²) in [6, 6.07) is 25.5. The predicted molar refractivity (Wildman–Crippen MR) is 172 cm³/mol. The normalized spacial score (nSPS) is 14.3. The van der Waals surface area contributed by atoms with Crippen LogP contribution >= 0.6 is 0 Å². The van der Waals surface area contributed by atoms with Crippen LogP contribution in [0.25, 0.3) is 33.6 Å². The molecule has 1 atom stereocenters. The topological polar surface area (TPSA) is 103 Å². The molecule has 1 aliphatic heterocycles. The Morgan fingerprint density at radius 1 is 0.854 bits per heavy atom. The lowest BCUT2D eigenvalue weighted by Gasteiger charge is -2.12. The number of alkyl halides is 6. The minimum Gasteiger partial charge on any atom is -0.464 e. The van der Waals surface area contributed by atoms with E-state index < -0.39 is 25.2 Å². The molecule has 0 fully saturated rings. The van der Waals surface area contributed by atoms with Gasteiger partial charge in [0, 0.05) is 24.2 Å². The number of oxazole rings is 1. The third-order valence-corrected chi connectivity index (χ3v) is 7.62. The lowest BCUT2D eigenvalue weighted by Crippen LogP contribution is -2.15. The van der Waals surface area contributed by atoms with Crippen LogP contribution in [0.2, 0.25) is 0 Å². The minimum atomic E-state index is -4.19. The van der Waals surface area contributed by atoms with Crippen LogP contribution in [0, 0.1) is 6.92 Å². The molecule has 0 saturated carbocycles. The van der Waals surface area contributed by atoms with Crippen LogP contribution in [0.4, 0.5) is 43.4 Å². The van der Waals surface area contributed by atoms with Gasteiger partial charge in [0.25, 0.3) is 0 Å². The largest absolute Gasteiger partial charge is 0.464 e. The van der Waals surface area contributed by atoms with Gasteiger partial charge in [0.15, 0.2) is 11.8 Å². The second-order valence-electron chi connectivity index (χ2n) is 11.1. The number of rotatable bonds is 7. The number of benzene rings is 4. The number of nitrogens with zero attached hydrogens (tertiary/aromatic N) is 3. The highest BCUT2D eigenvalue weighted by Gasteiger charge is 2.28. The summed E-state index contributed by atoms with van der Waals surface area (Å²) in [6.07, 6.45) is -10.5. The summed E-state index contributed by atoms with van der Waals surface area (Å²) in [6.45, 7) is 1.36. The number of halogens is 6. The maximum Gasteiger partial charge on any atom is 0.390 e. The molecule has 48 heavy (non-hydrogen) atoms. The lowest BCUT2D eigenvalue weighted by molar-refractivity contribution is -0.136. The number of ether oxygens (including phenoxy) is 1. The fraction of sp³-hybridized carbons (Fsp3) is 0.235. The number of fused-ring (bicyclic) bond motifs is 3. The van der Waals surface area contributed by atoms with E-state index in [0.29, 0.717) is 45.3 Å². The number of aromatic nitrogens is 3. The van der Waals surface area contributed by atoms with Gasteiger partial charge in [-0.05, 0) is 61.5 Å². The van der Waals surface area contributed by atoms with Gasteiger partial charge in [-0.15, -0.1) is 0 Å². The zero-order valence-corrected chi connectivity index (χ0v) is 25.5. The average molecular weight is 669 g/mol. The van der Waals surface area contributed by atoms with Crippen LogP contribution in [0.5, 0.6) is 5.75 Å². The minimum absolute atomic E-state index is 0.130. The maximum atomic E-state index is 12.5. The van der Waals surface area contributed by atoms with Crippen LogP contribution in [-0.2, 0) is 6.54 Å². The van der Waals surface area contributed by atoms with Gasteiger partial charge in [0.05, 0.1) is 40.9 Å². The van der Waals surface area contributed by atoms with Crippen molar-refractivity contribution in [3.05, 3.63) is 96.3 Å². The molecule has 14 heteroatoms. The molecule has 0 radical (unpaired) electrons. The summed E-state index contributed by atoms with van der Waals surface area (Å²) in [4.78, 5) is 8.76. The first-order chi connectivity index (χ1) is 22.8. The summed E-state index contributed by atoms with van der Waals surface area (Å²) in [7, 11) is 0. The van der Waals surface area contributed by atoms with Crippen molar-refractivity contribution in [1.29, 1.82) is 0 Å². The molecular formula is C34H30F6N6O2. The number of aryl methyl sites for hydroxylation is 2. The number of anilines is 3. The zero-order valence-electron chi connectivity index (χ0n) is 25.5. The number of hydrogen-bond acceptors (Lipinski definition) is 7. The van der Waals surface area contributed by atoms with E-state index in [0.717, 1.165) is 22.5 Å². The van der Waals surface area contributed by atoms with Crippen molar-refractivity contribution in [2.24, 2.45) is 0 Å². The second kappa shape index (κ2) is 13.0. The van der Waals surface area contributed by atoms with Crippen molar-refractivity contribution in [2.75, 3.05) is 22.9 Å². The second-order valence-corrected chi connectivity index (χ2v) is 11.1. The first kappa shape index (κ1) is 32.5. The molecule has 7 rings (SSSR count). The summed E-state index contributed by atoms with van der Waals surface area (Å²) in [5.41, 5.74) is 11.9. The van der Waals surface area contributed by atoms with Crippen LogP contribution in [-0.4, -0.2) is 33.4 Å². The van der Waals surface area contributed by atoms with Crippen molar-refractivity contribution in [2.45, 2.75) is 44.9 Å². The summed E-state index contributed by atoms with van der Waals surface area (Å²) in [5, 5.41) is 5.96. The molecule has 1 unspecified atom stereocenters. The van der Waals surface area contributed by atoms with E-state index in [1.807, 2.05) is 60.7 Å². The van der Waals surface area contributed by atoms with E-state index in [4.69, 9.17) is 14.9 Å². The van der Waals surface area contributed by atoms with Gasteiger partial charge in [0.1, 0.15) is 17.1 Å². The molecule has 1 aliphatic rings. The van der Waals surface area contributed by atoms with Gasteiger partial charge in [-0.1, -0.05) is 30.3 Å². The molecule has 4 N–H and O–H groups in total. The number of nitrogen functional groups attached to an aromatic ring is 1. The fourth-order valence-electron chi connectivity index (χ4n) is 5.28. The van der Waals surface area contributed by atoms with Gasteiger partial charge in [0.2, 0.25) is 5.89 Å². The zero-order chi connectivity index (χ0) is 34.1. The number of hydrogen-bond donors (Lipinski definition) is 3. The summed E-state index contributed by atoms with van der Waals surface area (Å²) in [5.74, 6) is 1.76. The van der Waals surface area contributed by atoms with Gasteiger partial charge < -0.3 is 30.1 Å². The Labute approximate surface area is 270 Å². The Hall–Kier alpha value is -5.40. The van der Waals surface area contributed by atoms with Crippen LogP contribution in [0.3, 0.4) is 0 Å². The molecule has 8 nitrogen and oxygen atoms in total. The Morgan fingerprint density at radius 3 is 2.33 bits per heavy atom. The predicted octanol–water partition coefficient (Wildman–Crippen LogP) is 9.24. The van der Waals surface area contributed by atoms with Gasteiger partial charge >= 0.3 is 12.4 Å². The molecule has 4 aromatic carbocycles. The van der Waals surface area contributed by atoms with E-state index in [1.54, 1.807) is 35.8 Å². The number of imidazole rings is 1. The van der Waals surface area contributed by atoms with Gasteiger partial charge in [-0.2, -0.15) is 26.3 Å². The number of para-hydroxylation sites is 4. The summed E-state index contributed by atoms with van der Waals surface area (Å²) >= 11 is 0. The van der Waals surface area contributed by atoms with E-state index in [9.17, 15) is 26.3 Å². The van der Waals surface area contributed by atoms with Gasteiger partial charge in [-0.3, -0.25) is 0 Å². The van der Waals surface area contributed by atoms with Crippen LogP contribution in [0.1, 0.15) is 30.5 Å². The molecule has 0 bridgehead atoms. The number of nitrogens with two attached hydrogens (primary N) is 1. The molecule has 3 heterocycles. The fourth-order valence-corrected chi connectivity index (χ4v) is 5.28. The van der Waals surface area contributed by atoms with Crippen molar-refractivity contribution in [3.8, 4) is 17.2 Å². The smallest absolute Gasteiger partial charge is 0.390 e. The first-order valence-corrected chi connectivity index (χ1v) is 14.9. The standard InChI is InChI=1S/C18H16F3N3O.C16H14F3N3O/c1-11-22-14-10-12(17-23-13-4-2-3-5-16(13)25-17)6-7-15(14)24(11)9-8-18(19,20)21;17-16(18,19)7-8-21-12-6-5-10(9-11(12)20)15-22-13-3-1-2-4-14(13)23-15/h2-7,10,17,23H,8-9H2,1H3;1-6,9,21H,7-8,20H2. The monoisotopic (exact) mass is 668 g/mol. The van der Waals surface area contributed by atoms with Crippen molar-refractivity contribution >= 4 is 39.2 Å². The highest BCUT2D eigenvalue weighted by Crippen LogP contribution is 2.38. The highest BCUT2D eigenvalue weighted by atomic mass is 19.4. The SMILES string of the molecule is Cc1nc2cc(C3Nc4ccccc4O3)ccc2n1CCC(F)(F)F.Nc1cc(-c2nc3ccccc3o2)ccc1NCCC(F)(F)F. The third kappa shape index (κ3) is 7.59. The maximum absolute atomic E-state index is 12.5. The molecule has 0 spiro atoms. The lowest BCUT2D eigenvalue weighted by atomic mass is 10.1. The number of nitrogens with one attached hydrogen (secondary N) is 2. The van der Waals surface area contributed by atoms with Crippen molar-refractivity contribution in [3.63, 3.8) is 0 Å². The Bertz CT molecular complexity index is 1990. The molecule has 250 valence electrons. The Kier molecular flexibility index (Phi) is 8.82. The van der Waals surface area contributed by atoms with E-state index in [-0.39, 0.29) is 19.3 Å². The molecule has 0 amide bonds. The van der Waals surface area contributed by atoms with Crippen LogP contribution < -0.4 is 21.1 Å². The van der Waals surface area contributed by atoms with E-state index in [2.05, 4.69) is 20.6 Å². The van der Waals surface area contributed by atoms with Crippen molar-refractivity contribution in [1.82, 2.24) is 14.5 Å². The average Bonchev–Trinajstić information content (AvgIpc) is 3.74. The third-order valence-electron chi connectivity index (χ3n) is 7.62. The quantitative estimate of drug-likeness (QED) is 0.115. The Balaban J connectivity index is 0.000000168. The van der Waals surface area contributed by atoms with Crippen LogP contribution in [0.15, 0.2) is 89.3 Å². The molecule has 6 aromatic rings.